The quantitative estimate of drug-likeness (QED) is 0.465. The van der Waals surface area contributed by atoms with Crippen LogP contribution in [-0.4, -0.2) is 45.9 Å². The highest BCUT2D eigenvalue weighted by molar-refractivity contribution is 5.79. The number of ether oxygens (including phenoxy) is 2. The predicted molar refractivity (Wildman–Crippen MR) is 119 cm³/mol. The Hall–Kier alpha value is -3.03. The van der Waals surface area contributed by atoms with E-state index in [4.69, 9.17) is 9.47 Å². The van der Waals surface area contributed by atoms with Crippen molar-refractivity contribution in [2.24, 2.45) is 10.9 Å². The van der Waals surface area contributed by atoms with Crippen LogP contribution in [-0.2, 0) is 6.54 Å². The van der Waals surface area contributed by atoms with Crippen LogP contribution in [0, 0.1) is 5.92 Å². The molecule has 0 saturated carbocycles. The number of para-hydroxylation sites is 2. The van der Waals surface area contributed by atoms with Crippen molar-refractivity contribution < 1.29 is 18.3 Å². The minimum Gasteiger partial charge on any atom is -0.490 e. The number of nitrogens with one attached hydrogen (secondary N) is 2. The van der Waals surface area contributed by atoms with E-state index in [1.807, 2.05) is 6.07 Å². The van der Waals surface area contributed by atoms with Crippen LogP contribution in [0.3, 0.4) is 0 Å². The molecular formula is C23H30F2N4O2. The van der Waals surface area contributed by atoms with Gasteiger partial charge < -0.3 is 25.0 Å². The summed E-state index contributed by atoms with van der Waals surface area (Å²) in [5.41, 5.74) is 1.82. The number of hydrogen-bond donors (Lipinski definition) is 2. The lowest BCUT2D eigenvalue weighted by atomic mass is 10.1. The third-order valence-electron chi connectivity index (χ3n) is 5.20. The van der Waals surface area contributed by atoms with Gasteiger partial charge in [-0.3, -0.25) is 4.99 Å². The van der Waals surface area contributed by atoms with Crippen LogP contribution in [0.5, 0.6) is 11.5 Å². The molecule has 1 aliphatic rings. The highest BCUT2D eigenvalue weighted by Gasteiger charge is 2.23. The number of benzene rings is 2. The zero-order valence-corrected chi connectivity index (χ0v) is 18.0. The van der Waals surface area contributed by atoms with Crippen molar-refractivity contribution in [2.75, 3.05) is 38.2 Å². The highest BCUT2D eigenvalue weighted by atomic mass is 19.3. The first kappa shape index (κ1) is 22.7. The van der Waals surface area contributed by atoms with Crippen LogP contribution in [0.4, 0.5) is 14.5 Å². The summed E-state index contributed by atoms with van der Waals surface area (Å²) in [6.45, 7) is 2.31. The molecule has 31 heavy (non-hydrogen) atoms. The summed E-state index contributed by atoms with van der Waals surface area (Å²) in [4.78, 5) is 6.64. The first-order valence-electron chi connectivity index (χ1n) is 10.5. The number of aliphatic imine (C=N–C) groups is 1. The number of nitrogens with zero attached hydrogens (tertiary/aromatic N) is 2. The molecule has 0 bridgehead atoms. The fraction of sp³-hybridized carbons (Fsp3) is 0.435. The molecule has 0 radical (unpaired) electrons. The zero-order chi connectivity index (χ0) is 22.1. The molecular weight excluding hydrogens is 402 g/mol. The topological polar surface area (TPSA) is 58.1 Å². The third kappa shape index (κ3) is 6.47. The lowest BCUT2D eigenvalue weighted by molar-refractivity contribution is -0.0520. The zero-order valence-electron chi connectivity index (χ0n) is 18.0. The molecule has 0 amide bonds. The smallest absolute Gasteiger partial charge is 0.387 e. The highest BCUT2D eigenvalue weighted by Crippen LogP contribution is 2.32. The van der Waals surface area contributed by atoms with Crippen molar-refractivity contribution in [1.82, 2.24) is 10.6 Å². The van der Waals surface area contributed by atoms with E-state index in [0.29, 0.717) is 29.8 Å². The second-order valence-corrected chi connectivity index (χ2v) is 7.30. The molecule has 168 valence electrons. The molecule has 0 aromatic heterocycles. The van der Waals surface area contributed by atoms with E-state index in [2.05, 4.69) is 44.8 Å². The minimum atomic E-state index is -2.92. The van der Waals surface area contributed by atoms with Crippen molar-refractivity contribution in [3.05, 3.63) is 54.1 Å². The maximum atomic E-state index is 12.9. The van der Waals surface area contributed by atoms with E-state index in [9.17, 15) is 8.78 Å². The standard InChI is InChI=1S/C23H30F2N4O2/c1-3-30-20-11-7-8-18(21(20)31-22(24)25)15-28-23(26-2)27-14-17-12-13-29(16-17)19-9-5-4-6-10-19/h4-11,17,22H,3,12-16H2,1-2H3,(H2,26,27,28). The van der Waals surface area contributed by atoms with Gasteiger partial charge in [0, 0.05) is 44.5 Å². The Bertz CT molecular complexity index is 849. The van der Waals surface area contributed by atoms with Gasteiger partial charge in [-0.25, -0.2) is 0 Å². The minimum absolute atomic E-state index is 0.0524. The number of guanidine groups is 1. The Kier molecular flexibility index (Phi) is 8.32. The Morgan fingerprint density at radius 1 is 1.16 bits per heavy atom. The van der Waals surface area contributed by atoms with E-state index >= 15 is 0 Å². The molecule has 6 nitrogen and oxygen atoms in total. The van der Waals surface area contributed by atoms with Crippen LogP contribution in [0.15, 0.2) is 53.5 Å². The lowest BCUT2D eigenvalue weighted by Crippen LogP contribution is -2.40. The van der Waals surface area contributed by atoms with Gasteiger partial charge in [-0.1, -0.05) is 30.3 Å². The van der Waals surface area contributed by atoms with E-state index in [-0.39, 0.29) is 12.3 Å². The monoisotopic (exact) mass is 432 g/mol. The molecule has 3 rings (SSSR count). The largest absolute Gasteiger partial charge is 0.490 e. The summed E-state index contributed by atoms with van der Waals surface area (Å²) in [6, 6.07) is 15.5. The molecule has 1 fully saturated rings. The Labute approximate surface area is 182 Å². The van der Waals surface area contributed by atoms with Gasteiger partial charge in [0.1, 0.15) is 0 Å². The normalized spacial score (nSPS) is 16.5. The Morgan fingerprint density at radius 2 is 1.97 bits per heavy atom. The Balaban J connectivity index is 1.54. The van der Waals surface area contributed by atoms with Crippen molar-refractivity contribution in [3.63, 3.8) is 0 Å². The fourth-order valence-corrected chi connectivity index (χ4v) is 3.71. The van der Waals surface area contributed by atoms with Crippen LogP contribution in [0.2, 0.25) is 0 Å². The van der Waals surface area contributed by atoms with Gasteiger partial charge in [-0.05, 0) is 37.5 Å². The molecule has 1 atom stereocenters. The van der Waals surface area contributed by atoms with Crippen LogP contribution in [0.25, 0.3) is 0 Å². The molecule has 1 saturated heterocycles. The van der Waals surface area contributed by atoms with E-state index in [1.54, 1.807) is 32.2 Å². The molecule has 0 aliphatic carbocycles. The summed E-state index contributed by atoms with van der Waals surface area (Å²) in [5.74, 6) is 1.47. The molecule has 8 heteroatoms. The molecule has 1 aliphatic heterocycles. The molecule has 2 aromatic rings. The summed E-state index contributed by atoms with van der Waals surface area (Å²) in [7, 11) is 1.69. The molecule has 2 N–H and O–H groups in total. The van der Waals surface area contributed by atoms with Crippen LogP contribution < -0.4 is 25.0 Å². The predicted octanol–water partition coefficient (Wildman–Crippen LogP) is 3.88. The van der Waals surface area contributed by atoms with Crippen molar-refractivity contribution >= 4 is 11.6 Å². The molecule has 2 aromatic carbocycles. The van der Waals surface area contributed by atoms with Gasteiger partial charge in [0.2, 0.25) is 0 Å². The number of hydrogen-bond acceptors (Lipinski definition) is 4. The van der Waals surface area contributed by atoms with Crippen LogP contribution >= 0.6 is 0 Å². The maximum Gasteiger partial charge on any atom is 0.387 e. The summed E-state index contributed by atoms with van der Waals surface area (Å²) >= 11 is 0. The number of halogens is 2. The van der Waals surface area contributed by atoms with Crippen LogP contribution in [0.1, 0.15) is 18.9 Å². The van der Waals surface area contributed by atoms with E-state index < -0.39 is 6.61 Å². The number of rotatable bonds is 9. The van der Waals surface area contributed by atoms with Crippen molar-refractivity contribution in [3.8, 4) is 11.5 Å². The number of alkyl halides is 2. The van der Waals surface area contributed by atoms with Gasteiger partial charge in [0.05, 0.1) is 6.61 Å². The first-order valence-corrected chi connectivity index (χ1v) is 10.5. The average Bonchev–Trinajstić information content (AvgIpc) is 3.25. The SMILES string of the molecule is CCOc1cccc(CNC(=NC)NCC2CCN(c3ccccc3)C2)c1OC(F)F. The van der Waals surface area contributed by atoms with Gasteiger partial charge in [0.15, 0.2) is 17.5 Å². The second kappa shape index (κ2) is 11.4. The van der Waals surface area contributed by atoms with Gasteiger partial charge in [0.25, 0.3) is 0 Å². The molecule has 0 spiro atoms. The van der Waals surface area contributed by atoms with E-state index in [1.165, 1.54) is 5.69 Å². The van der Waals surface area contributed by atoms with Crippen molar-refractivity contribution in [2.45, 2.75) is 26.5 Å². The maximum absolute atomic E-state index is 12.9. The summed E-state index contributed by atoms with van der Waals surface area (Å²) in [6.07, 6.45) is 1.10. The number of anilines is 1. The lowest BCUT2D eigenvalue weighted by Gasteiger charge is -2.20. The third-order valence-corrected chi connectivity index (χ3v) is 5.20. The Morgan fingerprint density at radius 3 is 2.68 bits per heavy atom. The second-order valence-electron chi connectivity index (χ2n) is 7.30. The molecule has 1 heterocycles. The fourth-order valence-electron chi connectivity index (χ4n) is 3.71. The van der Waals surface area contributed by atoms with Crippen molar-refractivity contribution in [1.29, 1.82) is 0 Å². The average molecular weight is 433 g/mol. The van der Waals surface area contributed by atoms with E-state index in [0.717, 1.165) is 26.1 Å². The van der Waals surface area contributed by atoms with Gasteiger partial charge in [-0.15, -0.1) is 0 Å². The van der Waals surface area contributed by atoms with Gasteiger partial charge >= 0.3 is 6.61 Å². The van der Waals surface area contributed by atoms with Gasteiger partial charge in [-0.2, -0.15) is 8.78 Å². The summed E-state index contributed by atoms with van der Waals surface area (Å²) < 4.78 is 36.0. The molecule has 1 unspecified atom stereocenters. The first-order chi connectivity index (χ1) is 15.1. The summed E-state index contributed by atoms with van der Waals surface area (Å²) in [5, 5.41) is 6.53.